The highest BCUT2D eigenvalue weighted by Gasteiger charge is 2.09. The fourth-order valence-corrected chi connectivity index (χ4v) is 1.89. The highest BCUT2D eigenvalue weighted by Crippen LogP contribution is 2.10. The average molecular weight is 284 g/mol. The zero-order valence-corrected chi connectivity index (χ0v) is 13.3. The van der Waals surface area contributed by atoms with E-state index in [4.69, 9.17) is 0 Å². The van der Waals surface area contributed by atoms with Crippen molar-refractivity contribution in [2.45, 2.75) is 39.7 Å². The Morgan fingerprint density at radius 2 is 1.95 bits per heavy atom. The molecule has 0 aliphatic carbocycles. The van der Waals surface area contributed by atoms with Gasteiger partial charge in [-0.2, -0.15) is 9.90 Å². The maximum atomic E-state index is 4.51. The molecule has 1 aromatic carbocycles. The summed E-state index contributed by atoms with van der Waals surface area (Å²) in [5, 5.41) is 12.3. The minimum absolute atomic E-state index is 0.121. The minimum Gasteiger partial charge on any atom is -0.308 e. The molecule has 0 radical (unpaired) electrons. The quantitative estimate of drug-likeness (QED) is 0.914. The third-order valence-electron chi connectivity index (χ3n) is 3.15. The molecule has 2 rings (SSSR count). The summed E-state index contributed by atoms with van der Waals surface area (Å²) in [4.78, 5) is 1.66. The van der Waals surface area contributed by atoms with Crippen molar-refractivity contribution in [1.82, 2.24) is 20.3 Å². The number of aromatic nitrogens is 3. The minimum atomic E-state index is 0.121. The van der Waals surface area contributed by atoms with E-state index < -0.39 is 0 Å². The van der Waals surface area contributed by atoms with Gasteiger partial charge in [0.1, 0.15) is 5.69 Å². The van der Waals surface area contributed by atoms with Crippen LogP contribution in [0.1, 0.15) is 39.8 Å². The van der Waals surface area contributed by atoms with Gasteiger partial charge in [0.05, 0.1) is 11.9 Å². The number of para-hydroxylation sites is 1. The molecule has 4 heteroatoms. The second-order valence-corrected chi connectivity index (χ2v) is 6.15. The second kappa shape index (κ2) is 6.68. The van der Waals surface area contributed by atoms with Crippen LogP contribution in [-0.4, -0.2) is 27.1 Å². The van der Waals surface area contributed by atoms with Crippen LogP contribution in [-0.2, 0) is 0 Å². The van der Waals surface area contributed by atoms with Crippen molar-refractivity contribution >= 4 is 6.08 Å². The smallest absolute Gasteiger partial charge is 0.106 e. The van der Waals surface area contributed by atoms with E-state index in [0.29, 0.717) is 0 Å². The summed E-state index contributed by atoms with van der Waals surface area (Å²) < 4.78 is 0. The molecule has 112 valence electrons. The first-order chi connectivity index (χ1) is 9.98. The lowest BCUT2D eigenvalue weighted by Crippen LogP contribution is -2.36. The van der Waals surface area contributed by atoms with E-state index in [-0.39, 0.29) is 5.54 Å². The van der Waals surface area contributed by atoms with Crippen molar-refractivity contribution in [2.75, 3.05) is 6.54 Å². The van der Waals surface area contributed by atoms with Gasteiger partial charge in [0.25, 0.3) is 0 Å². The Morgan fingerprint density at radius 3 is 2.57 bits per heavy atom. The molecule has 21 heavy (non-hydrogen) atoms. The zero-order valence-electron chi connectivity index (χ0n) is 13.3. The molecule has 0 bridgehead atoms. The highest BCUT2D eigenvalue weighted by atomic mass is 15.5. The number of hydrogen-bond donors (Lipinski definition) is 1. The lowest BCUT2D eigenvalue weighted by molar-refractivity contribution is 0.443. The second-order valence-electron chi connectivity index (χ2n) is 6.15. The van der Waals surface area contributed by atoms with Gasteiger partial charge in [-0.05, 0) is 45.4 Å². The molecule has 1 N–H and O–H groups in total. The van der Waals surface area contributed by atoms with E-state index in [9.17, 15) is 0 Å². The molecule has 0 amide bonds. The van der Waals surface area contributed by atoms with Crippen LogP contribution in [0.25, 0.3) is 11.8 Å². The highest BCUT2D eigenvalue weighted by molar-refractivity contribution is 5.48. The molecule has 0 aliphatic rings. The molecule has 0 aliphatic heterocycles. The maximum Gasteiger partial charge on any atom is 0.106 e. The summed E-state index contributed by atoms with van der Waals surface area (Å²) in [5.74, 6) is 0. The summed E-state index contributed by atoms with van der Waals surface area (Å²) >= 11 is 0. The van der Waals surface area contributed by atoms with Gasteiger partial charge in [0, 0.05) is 12.1 Å². The van der Waals surface area contributed by atoms with Gasteiger partial charge < -0.3 is 5.32 Å². The Balaban J connectivity index is 2.11. The Kier molecular flexibility index (Phi) is 4.91. The van der Waals surface area contributed by atoms with Gasteiger partial charge >= 0.3 is 0 Å². The maximum absolute atomic E-state index is 4.51. The molecule has 4 nitrogen and oxygen atoms in total. The topological polar surface area (TPSA) is 42.7 Å². The Morgan fingerprint density at radius 1 is 1.24 bits per heavy atom. The van der Waals surface area contributed by atoms with Crippen molar-refractivity contribution in [2.24, 2.45) is 0 Å². The zero-order chi connectivity index (χ0) is 15.3. The third kappa shape index (κ3) is 4.83. The summed E-state index contributed by atoms with van der Waals surface area (Å²) in [6, 6.07) is 9.95. The predicted molar refractivity (Wildman–Crippen MR) is 87.4 cm³/mol. The summed E-state index contributed by atoms with van der Waals surface area (Å²) in [7, 11) is 0. The van der Waals surface area contributed by atoms with Crippen molar-refractivity contribution in [1.29, 1.82) is 0 Å². The van der Waals surface area contributed by atoms with Gasteiger partial charge in [0.15, 0.2) is 0 Å². The van der Waals surface area contributed by atoms with E-state index in [2.05, 4.69) is 49.3 Å². The molecule has 1 heterocycles. The largest absolute Gasteiger partial charge is 0.308 e. The van der Waals surface area contributed by atoms with Crippen LogP contribution in [0.5, 0.6) is 0 Å². The van der Waals surface area contributed by atoms with Gasteiger partial charge in [-0.1, -0.05) is 30.7 Å². The van der Waals surface area contributed by atoms with E-state index >= 15 is 0 Å². The SMILES string of the molecule is CCC(=Cc1cnn(-c2ccccc2)n1)CNC(C)(C)C. The third-order valence-corrected chi connectivity index (χ3v) is 3.15. The fraction of sp³-hybridized carbons (Fsp3) is 0.412. The van der Waals surface area contributed by atoms with Crippen molar-refractivity contribution in [3.8, 4) is 5.69 Å². The molecule has 2 aromatic rings. The van der Waals surface area contributed by atoms with E-state index in [1.807, 2.05) is 30.3 Å². The molecular weight excluding hydrogens is 260 g/mol. The van der Waals surface area contributed by atoms with E-state index in [0.717, 1.165) is 24.3 Å². The lowest BCUT2D eigenvalue weighted by Gasteiger charge is -2.21. The number of nitrogens with zero attached hydrogens (tertiary/aromatic N) is 3. The number of benzene rings is 1. The van der Waals surface area contributed by atoms with Crippen LogP contribution in [0, 0.1) is 0 Å². The van der Waals surface area contributed by atoms with Crippen LogP contribution in [0.3, 0.4) is 0 Å². The standard InChI is InChI=1S/C17H24N4/c1-5-14(12-18-17(2,3)4)11-15-13-19-21(20-15)16-9-7-6-8-10-16/h6-11,13,18H,5,12H2,1-4H3. The van der Waals surface area contributed by atoms with Crippen LogP contribution in [0.4, 0.5) is 0 Å². The number of nitrogens with one attached hydrogen (secondary N) is 1. The molecule has 1 aromatic heterocycles. The molecule has 0 fully saturated rings. The average Bonchev–Trinajstić information content (AvgIpc) is 2.92. The molecule has 0 saturated heterocycles. The monoisotopic (exact) mass is 284 g/mol. The summed E-state index contributed by atoms with van der Waals surface area (Å²) in [6.07, 6.45) is 4.92. The van der Waals surface area contributed by atoms with Crippen LogP contribution in [0.2, 0.25) is 0 Å². The molecule has 0 unspecified atom stereocenters. The van der Waals surface area contributed by atoms with Gasteiger partial charge in [-0.15, -0.1) is 5.10 Å². The van der Waals surface area contributed by atoms with Crippen LogP contribution in [0.15, 0.2) is 42.1 Å². The molecular formula is C17H24N4. The lowest BCUT2D eigenvalue weighted by atomic mass is 10.1. The molecule has 0 atom stereocenters. The first-order valence-corrected chi connectivity index (χ1v) is 7.40. The van der Waals surface area contributed by atoms with Crippen LogP contribution < -0.4 is 5.32 Å². The van der Waals surface area contributed by atoms with Crippen molar-refractivity contribution in [3.63, 3.8) is 0 Å². The molecule has 0 spiro atoms. The first-order valence-electron chi connectivity index (χ1n) is 7.40. The Bertz CT molecular complexity index is 591. The van der Waals surface area contributed by atoms with Crippen LogP contribution >= 0.6 is 0 Å². The normalized spacial score (nSPS) is 12.7. The van der Waals surface area contributed by atoms with Crippen molar-refractivity contribution in [3.05, 3.63) is 47.8 Å². The summed E-state index contributed by atoms with van der Waals surface area (Å²) in [6.45, 7) is 9.56. The van der Waals surface area contributed by atoms with E-state index in [1.165, 1.54) is 5.57 Å². The first kappa shape index (κ1) is 15.4. The molecule has 0 saturated carbocycles. The number of rotatable bonds is 5. The predicted octanol–water partition coefficient (Wildman–Crippen LogP) is 3.45. The van der Waals surface area contributed by atoms with E-state index in [1.54, 1.807) is 11.0 Å². The fourth-order valence-electron chi connectivity index (χ4n) is 1.89. The Hall–Kier alpha value is -1.94. The number of hydrogen-bond acceptors (Lipinski definition) is 3. The summed E-state index contributed by atoms with van der Waals surface area (Å²) in [5.41, 5.74) is 3.31. The van der Waals surface area contributed by atoms with Gasteiger partial charge in [-0.25, -0.2) is 0 Å². The Labute approximate surface area is 126 Å². The van der Waals surface area contributed by atoms with Gasteiger partial charge in [-0.3, -0.25) is 0 Å². The van der Waals surface area contributed by atoms with Crippen molar-refractivity contribution < 1.29 is 0 Å². The van der Waals surface area contributed by atoms with Gasteiger partial charge in [0.2, 0.25) is 0 Å².